The molecule has 0 spiro atoms. The zero-order valence-corrected chi connectivity index (χ0v) is 11.4. The van der Waals surface area contributed by atoms with Crippen LogP contribution in [0.5, 0.6) is 0 Å². The van der Waals surface area contributed by atoms with Gasteiger partial charge in [0.2, 0.25) is 0 Å². The van der Waals surface area contributed by atoms with Crippen LogP contribution in [-0.2, 0) is 16.4 Å². The molecule has 5 heteroatoms. The molecule has 1 N–H and O–H groups in total. The highest BCUT2D eigenvalue weighted by atomic mass is 79.9. The SMILES string of the molecule is Cc1ccc(CNC2CS(=O)(=O)C2)c(Br)c1. The lowest BCUT2D eigenvalue weighted by atomic mass is 10.1. The summed E-state index contributed by atoms with van der Waals surface area (Å²) in [6, 6.07) is 6.30. The largest absolute Gasteiger partial charge is 0.308 e. The van der Waals surface area contributed by atoms with Crippen LogP contribution in [0.1, 0.15) is 11.1 Å². The number of aryl methyl sites for hydroxylation is 1. The number of rotatable bonds is 3. The maximum atomic E-state index is 11.0. The van der Waals surface area contributed by atoms with Crippen molar-refractivity contribution in [3.63, 3.8) is 0 Å². The summed E-state index contributed by atoms with van der Waals surface area (Å²) in [5.74, 6) is 0.549. The van der Waals surface area contributed by atoms with Gasteiger partial charge in [-0.25, -0.2) is 8.42 Å². The van der Waals surface area contributed by atoms with Crippen LogP contribution in [-0.4, -0.2) is 26.0 Å². The molecule has 0 unspecified atom stereocenters. The lowest BCUT2D eigenvalue weighted by molar-refractivity contribution is 0.511. The summed E-state index contributed by atoms with van der Waals surface area (Å²) in [6.07, 6.45) is 0. The van der Waals surface area contributed by atoms with Crippen LogP contribution in [0.3, 0.4) is 0 Å². The van der Waals surface area contributed by atoms with Crippen LogP contribution in [0, 0.1) is 6.92 Å². The van der Waals surface area contributed by atoms with Crippen molar-refractivity contribution in [3.8, 4) is 0 Å². The predicted octanol–water partition coefficient (Wildman–Crippen LogP) is 1.64. The van der Waals surface area contributed by atoms with Gasteiger partial charge >= 0.3 is 0 Å². The Bertz CT molecular complexity index is 487. The third-order valence-electron chi connectivity index (χ3n) is 2.70. The van der Waals surface area contributed by atoms with E-state index >= 15 is 0 Å². The Morgan fingerprint density at radius 2 is 2.12 bits per heavy atom. The Kier molecular flexibility index (Phi) is 3.37. The van der Waals surface area contributed by atoms with Crippen molar-refractivity contribution in [2.75, 3.05) is 11.5 Å². The fourth-order valence-electron chi connectivity index (χ4n) is 1.73. The number of nitrogens with one attached hydrogen (secondary N) is 1. The van der Waals surface area contributed by atoms with Crippen molar-refractivity contribution >= 4 is 25.8 Å². The lowest BCUT2D eigenvalue weighted by Gasteiger charge is -2.26. The van der Waals surface area contributed by atoms with E-state index in [9.17, 15) is 8.42 Å². The van der Waals surface area contributed by atoms with Crippen molar-refractivity contribution in [2.45, 2.75) is 19.5 Å². The number of halogens is 1. The van der Waals surface area contributed by atoms with Crippen molar-refractivity contribution in [2.24, 2.45) is 0 Å². The summed E-state index contributed by atoms with van der Waals surface area (Å²) < 4.78 is 23.0. The van der Waals surface area contributed by atoms with E-state index < -0.39 is 9.84 Å². The summed E-state index contributed by atoms with van der Waals surface area (Å²) >= 11 is 3.50. The summed E-state index contributed by atoms with van der Waals surface area (Å²) in [5, 5.41) is 3.24. The molecule has 0 atom stereocenters. The van der Waals surface area contributed by atoms with Gasteiger partial charge in [0.25, 0.3) is 0 Å². The third-order valence-corrected chi connectivity index (χ3v) is 5.26. The highest BCUT2D eigenvalue weighted by Crippen LogP contribution is 2.19. The Hall–Kier alpha value is -0.390. The van der Waals surface area contributed by atoms with E-state index in [1.165, 1.54) is 5.56 Å². The molecule has 1 aliphatic rings. The normalized spacial score (nSPS) is 19.4. The van der Waals surface area contributed by atoms with Gasteiger partial charge in [-0.1, -0.05) is 28.1 Å². The average Bonchev–Trinajstić information content (AvgIpc) is 2.13. The van der Waals surface area contributed by atoms with Crippen molar-refractivity contribution in [1.82, 2.24) is 5.32 Å². The molecule has 0 saturated carbocycles. The first-order chi connectivity index (χ1) is 7.46. The Morgan fingerprint density at radius 1 is 1.44 bits per heavy atom. The van der Waals surface area contributed by atoms with Gasteiger partial charge in [0.15, 0.2) is 9.84 Å². The fraction of sp³-hybridized carbons (Fsp3) is 0.455. The summed E-state index contributed by atoms with van der Waals surface area (Å²) in [4.78, 5) is 0. The molecule has 1 fully saturated rings. The molecule has 1 aromatic carbocycles. The lowest BCUT2D eigenvalue weighted by Crippen LogP contribution is -2.50. The highest BCUT2D eigenvalue weighted by Gasteiger charge is 2.32. The van der Waals surface area contributed by atoms with E-state index in [-0.39, 0.29) is 17.5 Å². The molecule has 0 amide bonds. The topological polar surface area (TPSA) is 46.2 Å². The fourth-order valence-corrected chi connectivity index (χ4v) is 3.73. The maximum Gasteiger partial charge on any atom is 0.153 e. The first-order valence-electron chi connectivity index (χ1n) is 5.15. The summed E-state index contributed by atoms with van der Waals surface area (Å²) in [5.41, 5.74) is 2.37. The second-order valence-electron chi connectivity index (χ2n) is 4.25. The Labute approximate surface area is 104 Å². The second-order valence-corrected chi connectivity index (χ2v) is 7.26. The first kappa shape index (κ1) is 12.1. The number of hydrogen-bond acceptors (Lipinski definition) is 3. The van der Waals surface area contributed by atoms with Crippen molar-refractivity contribution in [1.29, 1.82) is 0 Å². The molecule has 0 aliphatic carbocycles. The van der Waals surface area contributed by atoms with Crippen molar-refractivity contribution in [3.05, 3.63) is 33.8 Å². The van der Waals surface area contributed by atoms with Gasteiger partial charge in [0.05, 0.1) is 11.5 Å². The Morgan fingerprint density at radius 3 is 2.69 bits per heavy atom. The van der Waals surface area contributed by atoms with Gasteiger partial charge in [-0.15, -0.1) is 0 Å². The smallest absolute Gasteiger partial charge is 0.153 e. The van der Waals surface area contributed by atoms with E-state index in [1.54, 1.807) is 0 Å². The quantitative estimate of drug-likeness (QED) is 0.923. The molecule has 0 radical (unpaired) electrons. The van der Waals surface area contributed by atoms with Crippen LogP contribution in [0.25, 0.3) is 0 Å². The molecule has 2 rings (SSSR count). The number of benzene rings is 1. The Balaban J connectivity index is 1.91. The van der Waals surface area contributed by atoms with E-state index in [0.29, 0.717) is 6.54 Å². The minimum absolute atomic E-state index is 0.123. The molecule has 1 saturated heterocycles. The van der Waals surface area contributed by atoms with Gasteiger partial charge in [-0.05, 0) is 24.1 Å². The minimum Gasteiger partial charge on any atom is -0.308 e. The first-order valence-corrected chi connectivity index (χ1v) is 7.76. The monoisotopic (exact) mass is 303 g/mol. The molecule has 0 bridgehead atoms. The van der Waals surface area contributed by atoms with Crippen LogP contribution in [0.15, 0.2) is 22.7 Å². The minimum atomic E-state index is -2.73. The molecule has 1 heterocycles. The maximum absolute atomic E-state index is 11.0. The van der Waals surface area contributed by atoms with E-state index in [4.69, 9.17) is 0 Å². The van der Waals surface area contributed by atoms with Gasteiger partial charge in [-0.3, -0.25) is 0 Å². The van der Waals surface area contributed by atoms with Crippen LogP contribution in [0.4, 0.5) is 0 Å². The zero-order chi connectivity index (χ0) is 11.8. The molecule has 1 aromatic rings. The van der Waals surface area contributed by atoms with E-state index in [2.05, 4.69) is 39.4 Å². The molecule has 3 nitrogen and oxygen atoms in total. The van der Waals surface area contributed by atoms with Crippen LogP contribution < -0.4 is 5.32 Å². The standard InChI is InChI=1S/C11H14BrNO2S/c1-8-2-3-9(11(12)4-8)5-13-10-6-16(14,15)7-10/h2-4,10,13H,5-7H2,1H3. The van der Waals surface area contributed by atoms with Crippen molar-refractivity contribution < 1.29 is 8.42 Å². The van der Waals surface area contributed by atoms with Gasteiger partial charge in [0, 0.05) is 17.1 Å². The van der Waals surface area contributed by atoms with Gasteiger partial charge < -0.3 is 5.32 Å². The molecule has 1 aliphatic heterocycles. The molecule has 0 aromatic heterocycles. The van der Waals surface area contributed by atoms with Crippen LogP contribution in [0.2, 0.25) is 0 Å². The number of hydrogen-bond donors (Lipinski definition) is 1. The van der Waals surface area contributed by atoms with E-state index in [1.807, 2.05) is 6.92 Å². The second kappa shape index (κ2) is 4.47. The predicted molar refractivity (Wildman–Crippen MR) is 68.2 cm³/mol. The molecular weight excluding hydrogens is 290 g/mol. The summed E-state index contributed by atoms with van der Waals surface area (Å²) in [6.45, 7) is 2.75. The highest BCUT2D eigenvalue weighted by molar-refractivity contribution is 9.10. The van der Waals surface area contributed by atoms with Gasteiger partial charge in [-0.2, -0.15) is 0 Å². The molecule has 88 valence electrons. The number of sulfone groups is 1. The zero-order valence-electron chi connectivity index (χ0n) is 9.03. The third kappa shape index (κ3) is 2.84. The molecule has 16 heavy (non-hydrogen) atoms. The van der Waals surface area contributed by atoms with E-state index in [0.717, 1.165) is 10.0 Å². The summed E-state index contributed by atoms with van der Waals surface area (Å²) in [7, 11) is -2.73. The average molecular weight is 304 g/mol. The molecular formula is C11H14BrNO2S. The van der Waals surface area contributed by atoms with Gasteiger partial charge in [0.1, 0.15) is 0 Å². The van der Waals surface area contributed by atoms with Crippen LogP contribution >= 0.6 is 15.9 Å².